The van der Waals surface area contributed by atoms with Gasteiger partial charge < -0.3 is 10.1 Å². The van der Waals surface area contributed by atoms with Gasteiger partial charge in [-0.15, -0.1) is 0 Å². The summed E-state index contributed by atoms with van der Waals surface area (Å²) in [5.41, 5.74) is 4.09. The standard InChI is InChI=1S/C26H23ClN2O2/c1-31-20-12-10-18(11-13-20)14-22-25(30)21-7-3-5-9-24(21)28-26(22)16-29(17-26)15-19-6-2-4-8-23(19)27/h2-14,28H,15-17H2,1H3. The lowest BCUT2D eigenvalue weighted by atomic mass is 9.74. The zero-order valence-electron chi connectivity index (χ0n) is 17.3. The van der Waals surface area contributed by atoms with Crippen molar-refractivity contribution in [2.45, 2.75) is 12.1 Å². The Morgan fingerprint density at radius 3 is 2.48 bits per heavy atom. The number of Topliss-reactive ketones (excluding diaryl/α,β-unsaturated/α-hetero) is 1. The first kappa shape index (κ1) is 19.9. The average Bonchev–Trinajstić information content (AvgIpc) is 2.77. The highest BCUT2D eigenvalue weighted by Gasteiger charge is 2.51. The van der Waals surface area contributed by atoms with Gasteiger partial charge >= 0.3 is 0 Å². The summed E-state index contributed by atoms with van der Waals surface area (Å²) in [5, 5.41) is 4.45. The Kier molecular flexibility index (Phi) is 5.05. The van der Waals surface area contributed by atoms with Gasteiger partial charge in [0.15, 0.2) is 5.78 Å². The van der Waals surface area contributed by atoms with Gasteiger partial charge in [0.2, 0.25) is 0 Å². The number of nitrogens with one attached hydrogen (secondary N) is 1. The van der Waals surface area contributed by atoms with E-state index in [-0.39, 0.29) is 5.78 Å². The van der Waals surface area contributed by atoms with Crippen LogP contribution in [0.1, 0.15) is 21.5 Å². The van der Waals surface area contributed by atoms with Crippen molar-refractivity contribution in [1.29, 1.82) is 0 Å². The summed E-state index contributed by atoms with van der Waals surface area (Å²) in [7, 11) is 1.65. The molecule has 3 aromatic carbocycles. The van der Waals surface area contributed by atoms with E-state index in [4.69, 9.17) is 16.3 Å². The van der Waals surface area contributed by atoms with Gasteiger partial charge in [0.25, 0.3) is 0 Å². The summed E-state index contributed by atoms with van der Waals surface area (Å²) in [6, 6.07) is 23.4. The molecule has 2 aliphatic heterocycles. The number of para-hydroxylation sites is 1. The molecule has 5 rings (SSSR count). The molecule has 0 radical (unpaired) electrons. The molecule has 0 saturated carbocycles. The Labute approximate surface area is 187 Å². The second kappa shape index (κ2) is 7.88. The lowest BCUT2D eigenvalue weighted by molar-refractivity contribution is 0.0827. The van der Waals surface area contributed by atoms with E-state index >= 15 is 0 Å². The van der Waals surface area contributed by atoms with E-state index in [0.717, 1.165) is 58.4 Å². The maximum absolute atomic E-state index is 13.5. The molecule has 1 saturated heterocycles. The number of hydrogen-bond acceptors (Lipinski definition) is 4. The molecule has 0 aliphatic carbocycles. The Morgan fingerprint density at radius 1 is 1.03 bits per heavy atom. The van der Waals surface area contributed by atoms with Crippen LogP contribution in [-0.2, 0) is 6.54 Å². The van der Waals surface area contributed by atoms with Crippen molar-refractivity contribution in [3.8, 4) is 5.75 Å². The minimum Gasteiger partial charge on any atom is -0.497 e. The summed E-state index contributed by atoms with van der Waals surface area (Å²) < 4.78 is 5.26. The minimum absolute atomic E-state index is 0.0857. The highest BCUT2D eigenvalue weighted by molar-refractivity contribution is 6.31. The Balaban J connectivity index is 1.47. The zero-order valence-corrected chi connectivity index (χ0v) is 18.0. The van der Waals surface area contributed by atoms with Gasteiger partial charge in [-0.05, 0) is 47.5 Å². The predicted molar refractivity (Wildman–Crippen MR) is 125 cm³/mol. The summed E-state index contributed by atoms with van der Waals surface area (Å²) in [6.45, 7) is 2.23. The first-order chi connectivity index (χ1) is 15.1. The Bertz CT molecular complexity index is 1160. The van der Waals surface area contributed by atoms with Gasteiger partial charge in [-0.2, -0.15) is 0 Å². The molecule has 2 aliphatic rings. The molecule has 156 valence electrons. The van der Waals surface area contributed by atoms with Crippen molar-refractivity contribution in [3.63, 3.8) is 0 Å². The third-order valence-corrected chi connectivity index (χ3v) is 6.44. The number of carbonyl (C=O) groups is 1. The topological polar surface area (TPSA) is 41.6 Å². The molecule has 0 aromatic heterocycles. The van der Waals surface area contributed by atoms with E-state index < -0.39 is 5.54 Å². The molecule has 4 nitrogen and oxygen atoms in total. The minimum atomic E-state index is -0.410. The smallest absolute Gasteiger partial charge is 0.193 e. The molecule has 1 spiro atoms. The predicted octanol–water partition coefficient (Wildman–Crippen LogP) is 5.30. The van der Waals surface area contributed by atoms with Gasteiger partial charge in [-0.1, -0.05) is 54.1 Å². The number of ether oxygens (including phenoxy) is 1. The number of benzene rings is 3. The fraction of sp³-hybridized carbons (Fsp3) is 0.192. The SMILES string of the molecule is COc1ccc(C=C2C(=O)c3ccccc3NC23CN(Cc2ccccc2Cl)C3)cc1. The number of rotatable bonds is 4. The lowest BCUT2D eigenvalue weighted by Gasteiger charge is -2.54. The number of anilines is 1. The van der Waals surface area contributed by atoms with Crippen molar-refractivity contribution < 1.29 is 9.53 Å². The van der Waals surface area contributed by atoms with Crippen molar-refractivity contribution in [3.05, 3.63) is 100 Å². The largest absolute Gasteiger partial charge is 0.497 e. The van der Waals surface area contributed by atoms with Gasteiger partial charge in [0.05, 0.1) is 12.6 Å². The van der Waals surface area contributed by atoms with E-state index in [0.29, 0.717) is 0 Å². The Morgan fingerprint density at radius 2 is 1.74 bits per heavy atom. The molecule has 5 heteroatoms. The van der Waals surface area contributed by atoms with Crippen LogP contribution in [0.2, 0.25) is 5.02 Å². The van der Waals surface area contributed by atoms with Crippen molar-refractivity contribution >= 4 is 29.1 Å². The van der Waals surface area contributed by atoms with Crippen LogP contribution < -0.4 is 10.1 Å². The molecule has 0 bridgehead atoms. The number of methoxy groups -OCH3 is 1. The molecular weight excluding hydrogens is 408 g/mol. The van der Waals surface area contributed by atoms with Crippen LogP contribution in [0.5, 0.6) is 5.75 Å². The first-order valence-electron chi connectivity index (χ1n) is 10.3. The van der Waals surface area contributed by atoms with Crippen molar-refractivity contribution in [2.75, 3.05) is 25.5 Å². The number of nitrogens with zero attached hydrogens (tertiary/aromatic N) is 1. The number of likely N-dealkylation sites (tertiary alicyclic amines) is 1. The van der Waals surface area contributed by atoms with Gasteiger partial charge in [-0.25, -0.2) is 0 Å². The van der Waals surface area contributed by atoms with E-state index in [2.05, 4.69) is 16.3 Å². The monoisotopic (exact) mass is 430 g/mol. The van der Waals surface area contributed by atoms with E-state index in [1.54, 1.807) is 7.11 Å². The molecule has 0 amide bonds. The fourth-order valence-electron chi connectivity index (χ4n) is 4.49. The molecule has 0 unspecified atom stereocenters. The maximum atomic E-state index is 13.5. The van der Waals surface area contributed by atoms with E-state index in [1.807, 2.05) is 72.8 Å². The van der Waals surface area contributed by atoms with Gasteiger partial charge in [-0.3, -0.25) is 9.69 Å². The molecular formula is C26H23ClN2O2. The number of halogens is 1. The molecule has 1 N–H and O–H groups in total. The second-order valence-electron chi connectivity index (χ2n) is 8.15. The average molecular weight is 431 g/mol. The maximum Gasteiger partial charge on any atom is 0.193 e. The lowest BCUT2D eigenvalue weighted by Crippen LogP contribution is -2.68. The van der Waals surface area contributed by atoms with Crippen LogP contribution in [0.15, 0.2) is 78.4 Å². The van der Waals surface area contributed by atoms with Crippen LogP contribution in [0, 0.1) is 0 Å². The summed E-state index contributed by atoms with van der Waals surface area (Å²) in [6.07, 6.45) is 2.01. The molecule has 0 atom stereocenters. The third kappa shape index (κ3) is 3.62. The molecule has 31 heavy (non-hydrogen) atoms. The normalized spacial score (nSPS) is 18.4. The molecule has 2 heterocycles. The van der Waals surface area contributed by atoms with Gasteiger partial charge in [0.1, 0.15) is 5.75 Å². The summed E-state index contributed by atoms with van der Waals surface area (Å²) in [5.74, 6) is 0.882. The highest BCUT2D eigenvalue weighted by Crippen LogP contribution is 2.42. The molecule has 1 fully saturated rings. The number of hydrogen-bond donors (Lipinski definition) is 1. The van der Waals surface area contributed by atoms with E-state index in [1.165, 1.54) is 0 Å². The van der Waals surface area contributed by atoms with Crippen molar-refractivity contribution in [2.24, 2.45) is 0 Å². The number of fused-ring (bicyclic) bond motifs is 1. The molecule has 3 aromatic rings. The van der Waals surface area contributed by atoms with Gasteiger partial charge in [0, 0.05) is 41.5 Å². The van der Waals surface area contributed by atoms with E-state index in [9.17, 15) is 4.79 Å². The first-order valence-corrected chi connectivity index (χ1v) is 10.7. The summed E-state index contributed by atoms with van der Waals surface area (Å²) >= 11 is 6.36. The third-order valence-electron chi connectivity index (χ3n) is 6.07. The van der Waals surface area contributed by atoms with Crippen LogP contribution in [0.4, 0.5) is 5.69 Å². The van der Waals surface area contributed by atoms with Crippen LogP contribution in [0.3, 0.4) is 0 Å². The van der Waals surface area contributed by atoms with Crippen molar-refractivity contribution in [1.82, 2.24) is 4.90 Å². The highest BCUT2D eigenvalue weighted by atomic mass is 35.5. The Hall–Kier alpha value is -3.08. The van der Waals surface area contributed by atoms with Crippen LogP contribution in [-0.4, -0.2) is 36.4 Å². The van der Waals surface area contributed by atoms with Crippen LogP contribution in [0.25, 0.3) is 6.08 Å². The number of ketones is 1. The number of carbonyl (C=O) groups excluding carboxylic acids is 1. The quantitative estimate of drug-likeness (QED) is 0.570. The second-order valence-corrected chi connectivity index (χ2v) is 8.56. The van der Waals surface area contributed by atoms with Crippen LogP contribution >= 0.6 is 11.6 Å². The zero-order chi connectivity index (χ0) is 21.4. The summed E-state index contributed by atoms with van der Waals surface area (Å²) in [4.78, 5) is 15.8. The fourth-order valence-corrected chi connectivity index (χ4v) is 4.69.